The number of nitrogens with zero attached hydrogens (tertiary/aromatic N) is 5. The maximum Gasteiger partial charge on any atom is 0.433 e. The molecule has 0 spiro atoms. The topological polar surface area (TPSA) is 75.7 Å². The number of aryl methyl sites for hydroxylation is 1. The summed E-state index contributed by atoms with van der Waals surface area (Å²) in [5.41, 5.74) is -3.24. The minimum atomic E-state index is -5.18. The van der Waals surface area contributed by atoms with E-state index in [0.717, 1.165) is 0 Å². The molecule has 1 aromatic carbocycles. The first-order valence-corrected chi connectivity index (χ1v) is 11.2. The number of methoxy groups -OCH3 is 3. The van der Waals surface area contributed by atoms with Crippen molar-refractivity contribution >= 4 is 16.7 Å². The van der Waals surface area contributed by atoms with Crippen LogP contribution in [0.25, 0.3) is 39.1 Å². The first-order valence-electron chi connectivity index (χ1n) is 11.2. The Morgan fingerprint density at radius 3 is 2.08 bits per heavy atom. The van der Waals surface area contributed by atoms with Crippen LogP contribution in [-0.2, 0) is 19.4 Å². The van der Waals surface area contributed by atoms with Crippen LogP contribution in [0.2, 0.25) is 0 Å². The minimum absolute atomic E-state index is 0.0554. The molecule has 39 heavy (non-hydrogen) atoms. The number of rotatable bonds is 5. The molecular formula is C25H19F6N5O3. The van der Waals surface area contributed by atoms with Gasteiger partial charge < -0.3 is 18.8 Å². The van der Waals surface area contributed by atoms with Crippen LogP contribution in [0.4, 0.5) is 26.3 Å². The molecule has 0 atom stereocenters. The van der Waals surface area contributed by atoms with Crippen molar-refractivity contribution in [3.05, 3.63) is 54.1 Å². The zero-order valence-corrected chi connectivity index (χ0v) is 20.8. The molecule has 4 aromatic heterocycles. The Morgan fingerprint density at radius 1 is 0.846 bits per heavy atom. The van der Waals surface area contributed by atoms with Gasteiger partial charge in [-0.1, -0.05) is 0 Å². The second-order valence-corrected chi connectivity index (χ2v) is 8.42. The lowest BCUT2D eigenvalue weighted by Crippen LogP contribution is -2.18. The van der Waals surface area contributed by atoms with Gasteiger partial charge in [-0.3, -0.25) is 0 Å². The molecule has 0 aliphatic rings. The number of benzene rings is 1. The summed E-state index contributed by atoms with van der Waals surface area (Å²) in [6.45, 7) is 0. The Balaban J connectivity index is 1.99. The van der Waals surface area contributed by atoms with Crippen LogP contribution in [0.5, 0.6) is 17.2 Å². The molecule has 0 saturated heterocycles. The highest BCUT2D eigenvalue weighted by atomic mass is 19.4. The van der Waals surface area contributed by atoms with Crippen molar-refractivity contribution in [2.24, 2.45) is 7.05 Å². The average molecular weight is 551 g/mol. The Bertz CT molecular complexity index is 1700. The summed E-state index contributed by atoms with van der Waals surface area (Å²) in [5, 5.41) is 4.69. The van der Waals surface area contributed by atoms with Gasteiger partial charge in [-0.05, 0) is 35.9 Å². The van der Waals surface area contributed by atoms with Gasteiger partial charge in [0, 0.05) is 30.4 Å². The molecule has 0 radical (unpaired) electrons. The third kappa shape index (κ3) is 4.25. The van der Waals surface area contributed by atoms with Crippen molar-refractivity contribution in [2.75, 3.05) is 21.3 Å². The molecule has 0 amide bonds. The van der Waals surface area contributed by atoms with Crippen molar-refractivity contribution in [1.82, 2.24) is 24.1 Å². The molecule has 4 heterocycles. The highest BCUT2D eigenvalue weighted by molar-refractivity contribution is 6.01. The molecule has 204 valence electrons. The third-order valence-electron chi connectivity index (χ3n) is 6.11. The van der Waals surface area contributed by atoms with E-state index in [1.807, 2.05) is 0 Å². The fraction of sp³-hybridized carbons (Fsp3) is 0.240. The van der Waals surface area contributed by atoms with Crippen molar-refractivity contribution in [3.8, 4) is 39.6 Å². The number of aromatic nitrogens is 5. The summed E-state index contributed by atoms with van der Waals surface area (Å²) in [5.74, 6) is 0.426. The molecule has 8 nitrogen and oxygen atoms in total. The van der Waals surface area contributed by atoms with Crippen molar-refractivity contribution in [3.63, 3.8) is 0 Å². The molecule has 0 N–H and O–H groups in total. The van der Waals surface area contributed by atoms with Gasteiger partial charge in [0.2, 0.25) is 5.75 Å². The van der Waals surface area contributed by atoms with Crippen LogP contribution in [-0.4, -0.2) is 45.5 Å². The normalized spacial score (nSPS) is 12.4. The summed E-state index contributed by atoms with van der Waals surface area (Å²) in [6.07, 6.45) is -7.23. The number of hydrogen-bond acceptors (Lipinski definition) is 6. The van der Waals surface area contributed by atoms with Gasteiger partial charge in [-0.15, -0.1) is 0 Å². The summed E-state index contributed by atoms with van der Waals surface area (Å²) in [7, 11) is 5.69. The van der Waals surface area contributed by atoms with E-state index in [-0.39, 0.29) is 40.1 Å². The Kier molecular flexibility index (Phi) is 6.07. The van der Waals surface area contributed by atoms with Crippen LogP contribution in [0.1, 0.15) is 11.4 Å². The van der Waals surface area contributed by atoms with Crippen LogP contribution in [0.3, 0.4) is 0 Å². The largest absolute Gasteiger partial charge is 0.493 e. The maximum atomic E-state index is 14.1. The summed E-state index contributed by atoms with van der Waals surface area (Å²) in [4.78, 5) is 7.92. The van der Waals surface area contributed by atoms with E-state index >= 15 is 0 Å². The van der Waals surface area contributed by atoms with Gasteiger partial charge >= 0.3 is 12.4 Å². The first kappa shape index (κ1) is 26.1. The van der Waals surface area contributed by atoms with E-state index in [9.17, 15) is 26.3 Å². The van der Waals surface area contributed by atoms with E-state index in [4.69, 9.17) is 14.2 Å². The van der Waals surface area contributed by atoms with Gasteiger partial charge in [-0.2, -0.15) is 31.4 Å². The quantitative estimate of drug-likeness (QED) is 0.249. The number of ether oxygens (including phenoxy) is 3. The summed E-state index contributed by atoms with van der Waals surface area (Å²) in [6, 6.07) is 6.05. The van der Waals surface area contributed by atoms with Gasteiger partial charge in [0.05, 0.1) is 26.9 Å². The molecule has 0 aliphatic heterocycles. The highest BCUT2D eigenvalue weighted by Crippen LogP contribution is 2.46. The fourth-order valence-corrected chi connectivity index (χ4v) is 4.45. The molecule has 0 bridgehead atoms. The standard InChI is InChI=1S/C25H19F6N5O3/c1-35-11-14(13-6-5-7-32-22(13)35)20-19(12-8-15(37-2)21(39-4)16(9-12)38-3)23-33-17(24(26,27)28)10-18(25(29,30)31)36(23)34-20/h5-11H,1-4H3. The second-order valence-electron chi connectivity index (χ2n) is 8.42. The van der Waals surface area contributed by atoms with Gasteiger partial charge in [0.25, 0.3) is 0 Å². The van der Waals surface area contributed by atoms with Crippen LogP contribution in [0, 0.1) is 0 Å². The Hall–Kier alpha value is -4.49. The van der Waals surface area contributed by atoms with Crippen LogP contribution >= 0.6 is 0 Å². The molecule has 5 aromatic rings. The Labute approximate surface area is 216 Å². The van der Waals surface area contributed by atoms with Crippen molar-refractivity contribution in [2.45, 2.75) is 12.4 Å². The van der Waals surface area contributed by atoms with E-state index in [1.54, 1.807) is 29.9 Å². The summed E-state index contributed by atoms with van der Waals surface area (Å²) < 4.78 is 102. The number of hydrogen-bond donors (Lipinski definition) is 0. The van der Waals surface area contributed by atoms with Gasteiger partial charge in [-0.25, -0.2) is 14.5 Å². The predicted octanol–water partition coefficient (Wildman–Crippen LogP) is 6.01. The zero-order chi connectivity index (χ0) is 28.3. The minimum Gasteiger partial charge on any atom is -0.493 e. The maximum absolute atomic E-state index is 14.1. The van der Waals surface area contributed by atoms with Crippen LogP contribution in [0.15, 0.2) is 42.7 Å². The molecule has 5 rings (SSSR count). The molecule has 0 unspecified atom stereocenters. The predicted molar refractivity (Wildman–Crippen MR) is 128 cm³/mol. The molecule has 0 fully saturated rings. The van der Waals surface area contributed by atoms with E-state index in [2.05, 4.69) is 15.1 Å². The summed E-state index contributed by atoms with van der Waals surface area (Å²) >= 11 is 0. The SMILES string of the molecule is COc1cc(-c2c(-c3cn(C)c4ncccc34)nn3c(C(F)(F)F)cc(C(F)(F)F)nc23)cc(OC)c1OC. The molecule has 0 aliphatic carbocycles. The zero-order valence-electron chi connectivity index (χ0n) is 20.8. The number of alkyl halides is 6. The lowest BCUT2D eigenvalue weighted by molar-refractivity contribution is -0.148. The lowest BCUT2D eigenvalue weighted by atomic mass is 10.00. The van der Waals surface area contributed by atoms with E-state index in [1.165, 1.54) is 39.7 Å². The molecule has 14 heteroatoms. The van der Waals surface area contributed by atoms with Crippen molar-refractivity contribution < 1.29 is 40.6 Å². The Morgan fingerprint density at radius 2 is 1.51 bits per heavy atom. The highest BCUT2D eigenvalue weighted by Gasteiger charge is 2.41. The third-order valence-corrected chi connectivity index (χ3v) is 6.11. The average Bonchev–Trinajstić information content (AvgIpc) is 3.43. The number of pyridine rings is 1. The lowest BCUT2D eigenvalue weighted by Gasteiger charge is -2.15. The molecule has 0 saturated carbocycles. The van der Waals surface area contributed by atoms with E-state index in [0.29, 0.717) is 21.1 Å². The smallest absolute Gasteiger partial charge is 0.433 e. The second kappa shape index (κ2) is 9.06. The van der Waals surface area contributed by atoms with E-state index < -0.39 is 29.4 Å². The van der Waals surface area contributed by atoms with Gasteiger partial charge in [0.15, 0.2) is 22.8 Å². The van der Waals surface area contributed by atoms with Gasteiger partial charge in [0.1, 0.15) is 17.0 Å². The van der Waals surface area contributed by atoms with Crippen LogP contribution < -0.4 is 14.2 Å². The van der Waals surface area contributed by atoms with Crippen molar-refractivity contribution in [1.29, 1.82) is 0 Å². The number of halogens is 6. The fourth-order valence-electron chi connectivity index (χ4n) is 4.45. The molecular weight excluding hydrogens is 532 g/mol. The first-order chi connectivity index (χ1) is 18.4. The number of fused-ring (bicyclic) bond motifs is 2. The monoisotopic (exact) mass is 551 g/mol.